The standard InChI is InChI=1S/C17H21N3O/c1-14-4-2-10-19(12-14)17(21)16-7-5-15(6-8-16)13-20-11-3-9-18-20/h3,5-9,11,14H,2,4,10,12-13H2,1H3/t14-/m1/s1. The molecule has 2 aromatic rings. The lowest BCUT2D eigenvalue weighted by atomic mass is 9.99. The molecule has 0 saturated carbocycles. The normalized spacial score (nSPS) is 18.7. The van der Waals surface area contributed by atoms with E-state index in [-0.39, 0.29) is 5.91 Å². The van der Waals surface area contributed by atoms with Gasteiger partial charge in [0.25, 0.3) is 5.91 Å². The monoisotopic (exact) mass is 283 g/mol. The highest BCUT2D eigenvalue weighted by molar-refractivity contribution is 5.94. The SMILES string of the molecule is C[C@@H]1CCCN(C(=O)c2ccc(Cn3cccn3)cc2)C1. The van der Waals surface area contributed by atoms with Crippen LogP contribution >= 0.6 is 0 Å². The third-order valence-corrected chi connectivity index (χ3v) is 4.05. The Hall–Kier alpha value is -2.10. The molecule has 3 rings (SSSR count). The average Bonchev–Trinajstić information content (AvgIpc) is 3.00. The van der Waals surface area contributed by atoms with E-state index in [1.807, 2.05) is 46.1 Å². The molecule has 1 aliphatic rings. The van der Waals surface area contributed by atoms with Crippen LogP contribution in [0.15, 0.2) is 42.7 Å². The maximum absolute atomic E-state index is 12.5. The molecule has 1 saturated heterocycles. The van der Waals surface area contributed by atoms with Crippen molar-refractivity contribution >= 4 is 5.91 Å². The first-order valence-electron chi connectivity index (χ1n) is 7.58. The molecule has 110 valence electrons. The Balaban J connectivity index is 1.67. The topological polar surface area (TPSA) is 38.1 Å². The molecule has 21 heavy (non-hydrogen) atoms. The first kappa shape index (κ1) is 13.9. The molecule has 1 amide bonds. The summed E-state index contributed by atoms with van der Waals surface area (Å²) in [6.45, 7) is 4.72. The summed E-state index contributed by atoms with van der Waals surface area (Å²) < 4.78 is 1.88. The van der Waals surface area contributed by atoms with Crippen LogP contribution in [-0.2, 0) is 6.54 Å². The number of rotatable bonds is 3. The Morgan fingerprint density at radius 2 is 2.14 bits per heavy atom. The number of carbonyl (C=O) groups is 1. The first-order chi connectivity index (χ1) is 10.2. The number of likely N-dealkylation sites (tertiary alicyclic amines) is 1. The van der Waals surface area contributed by atoms with Crippen LogP contribution in [0.2, 0.25) is 0 Å². The van der Waals surface area contributed by atoms with Crippen molar-refractivity contribution in [2.24, 2.45) is 5.92 Å². The lowest BCUT2D eigenvalue weighted by Gasteiger charge is -2.31. The predicted octanol–water partition coefficient (Wildman–Crippen LogP) is 2.80. The second-order valence-electron chi connectivity index (χ2n) is 5.90. The molecular weight excluding hydrogens is 262 g/mol. The van der Waals surface area contributed by atoms with Gasteiger partial charge in [-0.3, -0.25) is 9.48 Å². The van der Waals surface area contributed by atoms with Crippen LogP contribution < -0.4 is 0 Å². The zero-order valence-electron chi connectivity index (χ0n) is 12.4. The molecule has 0 bridgehead atoms. The molecule has 0 spiro atoms. The summed E-state index contributed by atoms with van der Waals surface area (Å²) >= 11 is 0. The second-order valence-corrected chi connectivity index (χ2v) is 5.90. The number of amides is 1. The van der Waals surface area contributed by atoms with Gasteiger partial charge in [-0.1, -0.05) is 19.1 Å². The summed E-state index contributed by atoms with van der Waals surface area (Å²) in [6, 6.07) is 9.81. The summed E-state index contributed by atoms with van der Waals surface area (Å²) in [5, 5.41) is 4.19. The van der Waals surface area contributed by atoms with Crippen molar-refractivity contribution < 1.29 is 4.79 Å². The van der Waals surface area contributed by atoms with Gasteiger partial charge in [0, 0.05) is 31.0 Å². The van der Waals surface area contributed by atoms with E-state index < -0.39 is 0 Å². The minimum Gasteiger partial charge on any atom is -0.338 e. The van der Waals surface area contributed by atoms with Crippen LogP contribution in [0.25, 0.3) is 0 Å². The number of benzene rings is 1. The molecule has 1 atom stereocenters. The average molecular weight is 283 g/mol. The van der Waals surface area contributed by atoms with Crippen LogP contribution in [0, 0.1) is 5.92 Å². The molecule has 1 aliphatic heterocycles. The van der Waals surface area contributed by atoms with E-state index in [2.05, 4.69) is 12.0 Å². The fourth-order valence-corrected chi connectivity index (χ4v) is 2.89. The lowest BCUT2D eigenvalue weighted by molar-refractivity contribution is 0.0683. The van der Waals surface area contributed by atoms with Gasteiger partial charge in [0.2, 0.25) is 0 Å². The highest BCUT2D eigenvalue weighted by Gasteiger charge is 2.21. The van der Waals surface area contributed by atoms with Crippen LogP contribution in [0.3, 0.4) is 0 Å². The Bertz CT molecular complexity index is 589. The van der Waals surface area contributed by atoms with Crippen molar-refractivity contribution in [1.82, 2.24) is 14.7 Å². The Kier molecular flexibility index (Phi) is 4.04. The van der Waals surface area contributed by atoms with Gasteiger partial charge in [-0.2, -0.15) is 5.10 Å². The third-order valence-electron chi connectivity index (χ3n) is 4.05. The molecule has 4 heteroatoms. The summed E-state index contributed by atoms with van der Waals surface area (Å²) in [5.41, 5.74) is 1.94. The van der Waals surface area contributed by atoms with E-state index in [1.165, 1.54) is 6.42 Å². The predicted molar refractivity (Wildman–Crippen MR) is 82.1 cm³/mol. The van der Waals surface area contributed by atoms with Crippen molar-refractivity contribution in [3.63, 3.8) is 0 Å². The van der Waals surface area contributed by atoms with Crippen LogP contribution in [-0.4, -0.2) is 33.7 Å². The number of hydrogen-bond donors (Lipinski definition) is 0. The minimum atomic E-state index is 0.159. The molecular formula is C17H21N3O. The van der Waals surface area contributed by atoms with Crippen molar-refractivity contribution in [3.05, 3.63) is 53.9 Å². The zero-order chi connectivity index (χ0) is 14.7. The van der Waals surface area contributed by atoms with E-state index >= 15 is 0 Å². The van der Waals surface area contributed by atoms with E-state index in [0.29, 0.717) is 5.92 Å². The van der Waals surface area contributed by atoms with Gasteiger partial charge < -0.3 is 4.90 Å². The quantitative estimate of drug-likeness (QED) is 0.868. The van der Waals surface area contributed by atoms with Gasteiger partial charge in [0.1, 0.15) is 0 Å². The molecule has 1 aromatic heterocycles. The number of piperidine rings is 1. The van der Waals surface area contributed by atoms with Gasteiger partial charge in [0.15, 0.2) is 0 Å². The Labute approximate surface area is 125 Å². The van der Waals surface area contributed by atoms with Gasteiger partial charge in [-0.05, 0) is 42.5 Å². The largest absolute Gasteiger partial charge is 0.338 e. The Morgan fingerprint density at radius 1 is 1.33 bits per heavy atom. The van der Waals surface area contributed by atoms with Gasteiger partial charge >= 0.3 is 0 Å². The maximum Gasteiger partial charge on any atom is 0.253 e. The number of aromatic nitrogens is 2. The molecule has 2 heterocycles. The van der Waals surface area contributed by atoms with E-state index in [0.717, 1.165) is 37.2 Å². The summed E-state index contributed by atoms with van der Waals surface area (Å²) in [5.74, 6) is 0.772. The minimum absolute atomic E-state index is 0.159. The summed E-state index contributed by atoms with van der Waals surface area (Å²) in [4.78, 5) is 14.5. The van der Waals surface area contributed by atoms with Crippen molar-refractivity contribution in [1.29, 1.82) is 0 Å². The van der Waals surface area contributed by atoms with Gasteiger partial charge in [-0.25, -0.2) is 0 Å². The highest BCUT2D eigenvalue weighted by Crippen LogP contribution is 2.18. The van der Waals surface area contributed by atoms with Crippen LogP contribution in [0.4, 0.5) is 0 Å². The van der Waals surface area contributed by atoms with Crippen molar-refractivity contribution in [3.8, 4) is 0 Å². The number of nitrogens with zero attached hydrogens (tertiary/aromatic N) is 3. The molecule has 0 N–H and O–H groups in total. The molecule has 1 aromatic carbocycles. The maximum atomic E-state index is 12.5. The third kappa shape index (κ3) is 3.32. The van der Waals surface area contributed by atoms with Crippen molar-refractivity contribution in [2.75, 3.05) is 13.1 Å². The van der Waals surface area contributed by atoms with Crippen molar-refractivity contribution in [2.45, 2.75) is 26.3 Å². The highest BCUT2D eigenvalue weighted by atomic mass is 16.2. The molecule has 0 aliphatic carbocycles. The zero-order valence-corrected chi connectivity index (χ0v) is 12.4. The fraction of sp³-hybridized carbons (Fsp3) is 0.412. The molecule has 1 fully saturated rings. The lowest BCUT2D eigenvalue weighted by Crippen LogP contribution is -2.39. The first-order valence-corrected chi connectivity index (χ1v) is 7.58. The van der Waals surface area contributed by atoms with Gasteiger partial charge in [0.05, 0.1) is 6.54 Å². The Morgan fingerprint density at radius 3 is 2.81 bits per heavy atom. The second kappa shape index (κ2) is 6.12. The van der Waals surface area contributed by atoms with E-state index in [4.69, 9.17) is 0 Å². The fourth-order valence-electron chi connectivity index (χ4n) is 2.89. The summed E-state index contributed by atoms with van der Waals surface area (Å²) in [7, 11) is 0. The summed E-state index contributed by atoms with van der Waals surface area (Å²) in [6.07, 6.45) is 6.06. The number of hydrogen-bond acceptors (Lipinski definition) is 2. The smallest absolute Gasteiger partial charge is 0.253 e. The van der Waals surface area contributed by atoms with Crippen LogP contribution in [0.5, 0.6) is 0 Å². The molecule has 4 nitrogen and oxygen atoms in total. The molecule has 0 unspecified atom stereocenters. The van der Waals surface area contributed by atoms with E-state index in [1.54, 1.807) is 6.20 Å². The molecule has 0 radical (unpaired) electrons. The van der Waals surface area contributed by atoms with Gasteiger partial charge in [-0.15, -0.1) is 0 Å². The van der Waals surface area contributed by atoms with E-state index in [9.17, 15) is 4.79 Å². The number of carbonyl (C=O) groups excluding carboxylic acids is 1. The van der Waals surface area contributed by atoms with Crippen LogP contribution in [0.1, 0.15) is 35.7 Å².